The van der Waals surface area contributed by atoms with E-state index in [9.17, 15) is 0 Å². The van der Waals surface area contributed by atoms with Gasteiger partial charge in [0.2, 0.25) is 0 Å². The third-order valence-electron chi connectivity index (χ3n) is 3.43. The monoisotopic (exact) mass is 217 g/mol. The summed E-state index contributed by atoms with van der Waals surface area (Å²) < 4.78 is 0. The molecule has 3 aromatic carbocycles. The van der Waals surface area contributed by atoms with Gasteiger partial charge in [0.15, 0.2) is 0 Å². The maximum atomic E-state index is 3.16. The Balaban J connectivity index is 2.30. The van der Waals surface area contributed by atoms with E-state index in [-0.39, 0.29) is 0 Å². The molecule has 0 unspecified atom stereocenters. The molecule has 0 spiro atoms. The van der Waals surface area contributed by atoms with Crippen LogP contribution >= 0.6 is 0 Å². The first-order chi connectivity index (χ1) is 8.42. The quantitative estimate of drug-likeness (QED) is 0.418. The molecule has 4 rings (SSSR count). The van der Waals surface area contributed by atoms with Crippen molar-refractivity contribution < 1.29 is 0 Å². The molecule has 0 saturated carbocycles. The molecular formula is C16H11N. The summed E-state index contributed by atoms with van der Waals surface area (Å²) in [5, 5.41) is 7.80. The van der Waals surface area contributed by atoms with Crippen molar-refractivity contribution in [2.75, 3.05) is 0 Å². The van der Waals surface area contributed by atoms with E-state index in [0.29, 0.717) is 0 Å². The fourth-order valence-corrected chi connectivity index (χ4v) is 2.56. The van der Waals surface area contributed by atoms with Gasteiger partial charge >= 0.3 is 0 Å². The molecule has 0 amide bonds. The van der Waals surface area contributed by atoms with Gasteiger partial charge in [-0.3, -0.25) is 0 Å². The Morgan fingerprint density at radius 2 is 1.35 bits per heavy atom. The second-order valence-electron chi connectivity index (χ2n) is 4.44. The number of aromatic amines is 1. The molecule has 0 fully saturated rings. The lowest BCUT2D eigenvalue weighted by Crippen LogP contribution is -1.77. The molecule has 0 radical (unpaired) electrons. The van der Waals surface area contributed by atoms with Crippen LogP contribution < -0.4 is 0 Å². The molecule has 1 aromatic heterocycles. The zero-order chi connectivity index (χ0) is 11.2. The van der Waals surface area contributed by atoms with E-state index in [1.807, 2.05) is 6.20 Å². The van der Waals surface area contributed by atoms with Gasteiger partial charge in [0.1, 0.15) is 0 Å². The molecule has 1 heterocycles. The number of fused-ring (bicyclic) bond motifs is 4. The van der Waals surface area contributed by atoms with Crippen molar-refractivity contribution in [1.82, 2.24) is 4.98 Å². The predicted octanol–water partition coefficient (Wildman–Crippen LogP) is 4.47. The SMILES string of the molecule is c1ccc2c(c1)ccc1cc3c[nH]cc3cc12. The summed E-state index contributed by atoms with van der Waals surface area (Å²) in [6, 6.07) is 17.4. The second-order valence-corrected chi connectivity index (χ2v) is 4.44. The van der Waals surface area contributed by atoms with Gasteiger partial charge in [0.05, 0.1) is 0 Å². The molecule has 0 saturated heterocycles. The summed E-state index contributed by atoms with van der Waals surface area (Å²) in [6.45, 7) is 0. The van der Waals surface area contributed by atoms with Crippen molar-refractivity contribution >= 4 is 32.3 Å². The van der Waals surface area contributed by atoms with Gasteiger partial charge in [-0.15, -0.1) is 0 Å². The lowest BCUT2D eigenvalue weighted by molar-refractivity contribution is 1.43. The van der Waals surface area contributed by atoms with E-state index in [0.717, 1.165) is 0 Å². The van der Waals surface area contributed by atoms with Crippen LogP contribution in [-0.4, -0.2) is 4.98 Å². The Hall–Kier alpha value is -2.28. The van der Waals surface area contributed by atoms with Crippen molar-refractivity contribution in [3.05, 3.63) is 60.9 Å². The first kappa shape index (κ1) is 8.82. The zero-order valence-corrected chi connectivity index (χ0v) is 9.27. The lowest BCUT2D eigenvalue weighted by Gasteiger charge is -2.04. The van der Waals surface area contributed by atoms with Crippen LogP contribution in [0.5, 0.6) is 0 Å². The number of aromatic nitrogens is 1. The van der Waals surface area contributed by atoms with Crippen molar-refractivity contribution in [1.29, 1.82) is 0 Å². The molecule has 0 aliphatic carbocycles. The van der Waals surface area contributed by atoms with Gasteiger partial charge < -0.3 is 4.98 Å². The fraction of sp³-hybridized carbons (Fsp3) is 0. The molecule has 1 N–H and O–H groups in total. The number of benzene rings is 3. The van der Waals surface area contributed by atoms with E-state index in [2.05, 4.69) is 59.7 Å². The minimum atomic E-state index is 1.27. The smallest absolute Gasteiger partial charge is 0.00845 e. The van der Waals surface area contributed by atoms with Crippen LogP contribution in [0.4, 0.5) is 0 Å². The first-order valence-electron chi connectivity index (χ1n) is 5.80. The van der Waals surface area contributed by atoms with E-state index in [1.165, 1.54) is 32.3 Å². The number of hydrogen-bond donors (Lipinski definition) is 1. The van der Waals surface area contributed by atoms with Crippen LogP contribution in [-0.2, 0) is 0 Å². The highest BCUT2D eigenvalue weighted by Gasteiger charge is 2.02. The molecule has 1 heteroatoms. The van der Waals surface area contributed by atoms with Crippen molar-refractivity contribution in [3.8, 4) is 0 Å². The normalized spacial score (nSPS) is 11.5. The maximum absolute atomic E-state index is 3.16. The topological polar surface area (TPSA) is 15.8 Å². The largest absolute Gasteiger partial charge is 0.366 e. The Labute approximate surface area is 98.7 Å². The van der Waals surface area contributed by atoms with Crippen molar-refractivity contribution in [2.45, 2.75) is 0 Å². The summed E-state index contributed by atoms with van der Waals surface area (Å²) in [5.74, 6) is 0. The Morgan fingerprint density at radius 1 is 0.588 bits per heavy atom. The Morgan fingerprint density at radius 3 is 2.29 bits per heavy atom. The average molecular weight is 217 g/mol. The molecule has 0 atom stereocenters. The third-order valence-corrected chi connectivity index (χ3v) is 3.43. The minimum absolute atomic E-state index is 1.27. The van der Waals surface area contributed by atoms with Crippen LogP contribution in [0.2, 0.25) is 0 Å². The van der Waals surface area contributed by atoms with E-state index < -0.39 is 0 Å². The molecule has 0 aliphatic heterocycles. The molecule has 4 aromatic rings. The first-order valence-corrected chi connectivity index (χ1v) is 5.80. The maximum Gasteiger partial charge on any atom is 0.00845 e. The molecule has 1 nitrogen and oxygen atoms in total. The highest BCUT2D eigenvalue weighted by Crippen LogP contribution is 2.29. The van der Waals surface area contributed by atoms with Crippen molar-refractivity contribution in [2.24, 2.45) is 0 Å². The fourth-order valence-electron chi connectivity index (χ4n) is 2.56. The predicted molar refractivity (Wildman–Crippen MR) is 73.3 cm³/mol. The number of rotatable bonds is 0. The standard InChI is InChI=1S/C16H11N/c1-2-4-15-11(3-1)5-6-12-7-13-9-17-10-14(13)8-16(12)15/h1-10,17H. The van der Waals surface area contributed by atoms with Gasteiger partial charge in [-0.25, -0.2) is 0 Å². The van der Waals surface area contributed by atoms with E-state index in [4.69, 9.17) is 0 Å². The summed E-state index contributed by atoms with van der Waals surface area (Å²) in [5.41, 5.74) is 0. The van der Waals surface area contributed by atoms with Gasteiger partial charge in [-0.05, 0) is 44.5 Å². The van der Waals surface area contributed by atoms with Crippen LogP contribution in [0.15, 0.2) is 60.9 Å². The highest BCUT2D eigenvalue weighted by molar-refractivity contribution is 6.11. The molecule has 80 valence electrons. The number of hydrogen-bond acceptors (Lipinski definition) is 0. The number of H-pyrrole nitrogens is 1. The summed E-state index contributed by atoms with van der Waals surface area (Å²) >= 11 is 0. The summed E-state index contributed by atoms with van der Waals surface area (Å²) in [4.78, 5) is 3.16. The van der Waals surface area contributed by atoms with E-state index in [1.54, 1.807) is 0 Å². The van der Waals surface area contributed by atoms with Gasteiger partial charge in [-0.1, -0.05) is 36.4 Å². The average Bonchev–Trinajstić information content (AvgIpc) is 2.83. The Kier molecular flexibility index (Phi) is 1.61. The number of nitrogens with one attached hydrogen (secondary N) is 1. The minimum Gasteiger partial charge on any atom is -0.366 e. The van der Waals surface area contributed by atoms with Crippen molar-refractivity contribution in [3.63, 3.8) is 0 Å². The molecule has 0 bridgehead atoms. The van der Waals surface area contributed by atoms with Gasteiger partial charge in [0.25, 0.3) is 0 Å². The van der Waals surface area contributed by atoms with Crippen LogP contribution in [0.1, 0.15) is 0 Å². The molecule has 0 aliphatic rings. The van der Waals surface area contributed by atoms with Gasteiger partial charge in [-0.2, -0.15) is 0 Å². The van der Waals surface area contributed by atoms with Crippen LogP contribution in [0.25, 0.3) is 32.3 Å². The van der Waals surface area contributed by atoms with Crippen LogP contribution in [0, 0.1) is 0 Å². The Bertz CT molecular complexity index is 840. The summed E-state index contributed by atoms with van der Waals surface area (Å²) in [7, 11) is 0. The zero-order valence-electron chi connectivity index (χ0n) is 9.27. The summed E-state index contributed by atoms with van der Waals surface area (Å²) in [6.07, 6.45) is 4.10. The molecular weight excluding hydrogens is 206 g/mol. The van der Waals surface area contributed by atoms with E-state index >= 15 is 0 Å². The van der Waals surface area contributed by atoms with Gasteiger partial charge in [0, 0.05) is 12.4 Å². The highest BCUT2D eigenvalue weighted by atomic mass is 14.6. The van der Waals surface area contributed by atoms with Crippen LogP contribution in [0.3, 0.4) is 0 Å². The molecule has 17 heavy (non-hydrogen) atoms. The lowest BCUT2D eigenvalue weighted by atomic mass is 10.0. The second kappa shape index (κ2) is 3.11. The third kappa shape index (κ3) is 1.19.